The van der Waals surface area contributed by atoms with Gasteiger partial charge in [0.05, 0.1) is 20.8 Å². The fraction of sp³-hybridized carbons (Fsp3) is 0.333. The van der Waals surface area contributed by atoms with Gasteiger partial charge in [0.2, 0.25) is 0 Å². The molecule has 0 fully saturated rings. The predicted octanol–water partition coefficient (Wildman–Crippen LogP) is 0.548. The van der Waals surface area contributed by atoms with Crippen molar-refractivity contribution in [2.45, 2.75) is 6.61 Å². The standard InChI is InChI=1S/C9H12O3.Na.H/c1-11-8-3-7(6-10)4-9(5-8)12-2;;/h3-5,10H,6H2,1-2H3;;. The first-order valence-corrected chi connectivity index (χ1v) is 3.63. The van der Waals surface area contributed by atoms with Crippen LogP contribution in [0.4, 0.5) is 0 Å². The van der Waals surface area contributed by atoms with Crippen molar-refractivity contribution in [2.24, 2.45) is 0 Å². The third-order valence-corrected chi connectivity index (χ3v) is 1.59. The zero-order valence-corrected chi connectivity index (χ0v) is 7.20. The summed E-state index contributed by atoms with van der Waals surface area (Å²) >= 11 is 0. The van der Waals surface area contributed by atoms with Gasteiger partial charge >= 0.3 is 29.6 Å². The van der Waals surface area contributed by atoms with Crippen molar-refractivity contribution in [1.82, 2.24) is 0 Å². The average Bonchev–Trinajstić information content (AvgIpc) is 2.16. The van der Waals surface area contributed by atoms with E-state index in [-0.39, 0.29) is 36.2 Å². The van der Waals surface area contributed by atoms with Crippen LogP contribution in [0.1, 0.15) is 5.56 Å². The summed E-state index contributed by atoms with van der Waals surface area (Å²) in [5, 5.41) is 8.87. The second kappa shape index (κ2) is 6.27. The second-order valence-corrected chi connectivity index (χ2v) is 2.38. The van der Waals surface area contributed by atoms with E-state index in [4.69, 9.17) is 14.6 Å². The van der Waals surface area contributed by atoms with E-state index in [1.165, 1.54) is 0 Å². The summed E-state index contributed by atoms with van der Waals surface area (Å²) in [5.41, 5.74) is 0.784. The van der Waals surface area contributed by atoms with Crippen LogP contribution in [-0.2, 0) is 6.61 Å². The Bertz CT molecular complexity index is 208. The van der Waals surface area contributed by atoms with E-state index in [1.807, 2.05) is 0 Å². The molecule has 0 spiro atoms. The van der Waals surface area contributed by atoms with E-state index >= 15 is 0 Å². The molecule has 4 heteroatoms. The molecule has 0 aliphatic heterocycles. The first kappa shape index (κ1) is 12.8. The summed E-state index contributed by atoms with van der Waals surface area (Å²) in [6.07, 6.45) is 0. The molecule has 3 nitrogen and oxygen atoms in total. The molecule has 0 aromatic heterocycles. The van der Waals surface area contributed by atoms with Crippen LogP contribution >= 0.6 is 0 Å². The van der Waals surface area contributed by atoms with Crippen LogP contribution < -0.4 is 9.47 Å². The van der Waals surface area contributed by atoms with Crippen molar-refractivity contribution in [2.75, 3.05) is 14.2 Å². The van der Waals surface area contributed by atoms with Gasteiger partial charge in [0.1, 0.15) is 11.5 Å². The summed E-state index contributed by atoms with van der Waals surface area (Å²) in [6.45, 7) is -0.00639. The quantitative estimate of drug-likeness (QED) is 0.711. The van der Waals surface area contributed by atoms with Crippen molar-refractivity contribution < 1.29 is 14.6 Å². The van der Waals surface area contributed by atoms with Gasteiger partial charge in [-0.2, -0.15) is 0 Å². The molecule has 0 saturated heterocycles. The molecule has 0 aliphatic carbocycles. The van der Waals surface area contributed by atoms with E-state index in [0.717, 1.165) is 5.56 Å². The molecule has 13 heavy (non-hydrogen) atoms. The molecule has 0 saturated carbocycles. The maximum absolute atomic E-state index is 8.87. The van der Waals surface area contributed by atoms with Crippen molar-refractivity contribution >= 4 is 29.6 Å². The number of methoxy groups -OCH3 is 2. The zero-order valence-electron chi connectivity index (χ0n) is 7.20. The van der Waals surface area contributed by atoms with Crippen molar-refractivity contribution in [3.63, 3.8) is 0 Å². The van der Waals surface area contributed by atoms with E-state index in [2.05, 4.69) is 0 Å². The first-order chi connectivity index (χ1) is 5.80. The molecule has 1 aromatic carbocycles. The first-order valence-electron chi connectivity index (χ1n) is 3.63. The third kappa shape index (κ3) is 3.56. The summed E-state index contributed by atoms with van der Waals surface area (Å²) in [4.78, 5) is 0. The number of aliphatic hydroxyl groups excluding tert-OH is 1. The maximum atomic E-state index is 8.87. The van der Waals surface area contributed by atoms with E-state index in [1.54, 1.807) is 32.4 Å². The normalized spacial score (nSPS) is 8.85. The summed E-state index contributed by atoms with van der Waals surface area (Å²) in [5.74, 6) is 1.39. The number of ether oxygens (including phenoxy) is 2. The van der Waals surface area contributed by atoms with Crippen molar-refractivity contribution in [3.8, 4) is 11.5 Å². The molecule has 0 radical (unpaired) electrons. The van der Waals surface area contributed by atoms with Gasteiger partial charge in [-0.1, -0.05) is 0 Å². The molecule has 1 rings (SSSR count). The molecule has 0 atom stereocenters. The van der Waals surface area contributed by atoms with Crippen LogP contribution in [0.15, 0.2) is 18.2 Å². The van der Waals surface area contributed by atoms with Gasteiger partial charge in [-0.3, -0.25) is 0 Å². The van der Waals surface area contributed by atoms with Gasteiger partial charge in [0, 0.05) is 6.07 Å². The molecule has 68 valence electrons. The van der Waals surface area contributed by atoms with Gasteiger partial charge < -0.3 is 14.6 Å². The monoisotopic (exact) mass is 192 g/mol. The molecule has 0 amide bonds. The fourth-order valence-electron chi connectivity index (χ4n) is 0.958. The van der Waals surface area contributed by atoms with Crippen LogP contribution in [0.25, 0.3) is 0 Å². The molecular weight excluding hydrogens is 179 g/mol. The van der Waals surface area contributed by atoms with Crippen LogP contribution in [0.3, 0.4) is 0 Å². The molecule has 0 heterocycles. The molecular formula is C9H13NaO3. The molecule has 0 aliphatic rings. The Balaban J connectivity index is 0.00000144. The van der Waals surface area contributed by atoms with E-state index in [0.29, 0.717) is 11.5 Å². The zero-order chi connectivity index (χ0) is 8.97. The average molecular weight is 192 g/mol. The SMILES string of the molecule is COc1cc(CO)cc(OC)c1.[NaH]. The third-order valence-electron chi connectivity index (χ3n) is 1.59. The van der Waals surface area contributed by atoms with Crippen LogP contribution in [-0.4, -0.2) is 48.9 Å². The van der Waals surface area contributed by atoms with E-state index < -0.39 is 0 Å². The predicted molar refractivity (Wildman–Crippen MR) is 52.6 cm³/mol. The van der Waals surface area contributed by atoms with Crippen LogP contribution in [0, 0.1) is 0 Å². The van der Waals surface area contributed by atoms with Gasteiger partial charge in [0.15, 0.2) is 0 Å². The minimum absolute atomic E-state index is 0. The second-order valence-electron chi connectivity index (χ2n) is 2.38. The number of benzene rings is 1. The van der Waals surface area contributed by atoms with Gasteiger partial charge in [-0.15, -0.1) is 0 Å². The van der Waals surface area contributed by atoms with Crippen LogP contribution in [0.5, 0.6) is 11.5 Å². The van der Waals surface area contributed by atoms with Gasteiger partial charge in [0.25, 0.3) is 0 Å². The van der Waals surface area contributed by atoms with Crippen molar-refractivity contribution in [3.05, 3.63) is 23.8 Å². The molecule has 0 bridgehead atoms. The Morgan fingerprint density at radius 2 is 1.54 bits per heavy atom. The van der Waals surface area contributed by atoms with E-state index in [9.17, 15) is 0 Å². The Hall–Kier alpha value is -0.220. The Morgan fingerprint density at radius 3 is 1.85 bits per heavy atom. The Kier molecular flexibility index (Phi) is 6.16. The molecule has 1 aromatic rings. The van der Waals surface area contributed by atoms with Crippen molar-refractivity contribution in [1.29, 1.82) is 0 Å². The Morgan fingerprint density at radius 1 is 1.08 bits per heavy atom. The topological polar surface area (TPSA) is 38.7 Å². The van der Waals surface area contributed by atoms with Gasteiger partial charge in [-0.05, 0) is 17.7 Å². The Labute approximate surface area is 100.0 Å². The van der Waals surface area contributed by atoms with Gasteiger partial charge in [-0.25, -0.2) is 0 Å². The summed E-state index contributed by atoms with van der Waals surface area (Å²) in [6, 6.07) is 5.30. The summed E-state index contributed by atoms with van der Waals surface area (Å²) < 4.78 is 10.0. The van der Waals surface area contributed by atoms with Crippen LogP contribution in [0.2, 0.25) is 0 Å². The molecule has 0 unspecified atom stereocenters. The minimum atomic E-state index is -0.00639. The molecule has 1 N–H and O–H groups in total. The number of hydrogen-bond acceptors (Lipinski definition) is 3. The number of hydrogen-bond donors (Lipinski definition) is 1. The fourth-order valence-corrected chi connectivity index (χ4v) is 0.958. The summed E-state index contributed by atoms with van der Waals surface area (Å²) in [7, 11) is 3.16. The number of aliphatic hydroxyl groups is 1. The number of rotatable bonds is 3.